The van der Waals surface area contributed by atoms with Crippen LogP contribution in [0.5, 0.6) is 0 Å². The van der Waals surface area contributed by atoms with Gasteiger partial charge < -0.3 is 20.7 Å². The highest BCUT2D eigenvalue weighted by molar-refractivity contribution is 5.49. The number of hydrogen-bond donors (Lipinski definition) is 2. The minimum Gasteiger partial charge on any atom is -0.373 e. The molecule has 0 bridgehead atoms. The molecule has 1 unspecified atom stereocenters. The number of morpholine rings is 1. The van der Waals surface area contributed by atoms with Crippen LogP contribution in [0.25, 0.3) is 0 Å². The fourth-order valence-corrected chi connectivity index (χ4v) is 2.06. The van der Waals surface area contributed by atoms with Crippen LogP contribution >= 0.6 is 0 Å². The minimum absolute atomic E-state index is 0.0941. The van der Waals surface area contributed by atoms with Crippen LogP contribution in [0, 0.1) is 6.92 Å². The average Bonchev–Trinajstić information content (AvgIpc) is 2.38. The maximum Gasteiger partial charge on any atom is 0.134 e. The number of aromatic nitrogens is 2. The van der Waals surface area contributed by atoms with Gasteiger partial charge >= 0.3 is 0 Å². The summed E-state index contributed by atoms with van der Waals surface area (Å²) in [7, 11) is 0. The molecule has 2 heterocycles. The van der Waals surface area contributed by atoms with Gasteiger partial charge in [-0.15, -0.1) is 0 Å². The van der Waals surface area contributed by atoms with Crippen LogP contribution in [0.15, 0.2) is 6.07 Å². The highest BCUT2D eigenvalue weighted by Gasteiger charge is 2.20. The van der Waals surface area contributed by atoms with E-state index in [0.717, 1.165) is 37.1 Å². The van der Waals surface area contributed by atoms with Gasteiger partial charge in [-0.1, -0.05) is 0 Å². The van der Waals surface area contributed by atoms with Crippen molar-refractivity contribution < 1.29 is 4.74 Å². The molecule has 0 aromatic carbocycles. The van der Waals surface area contributed by atoms with Crippen molar-refractivity contribution in [2.45, 2.75) is 20.0 Å². The summed E-state index contributed by atoms with van der Waals surface area (Å²) in [5.74, 6) is 2.59. The Morgan fingerprint density at radius 3 is 3.11 bits per heavy atom. The first-order valence-corrected chi connectivity index (χ1v) is 6.39. The molecule has 0 radical (unpaired) electrons. The van der Waals surface area contributed by atoms with Crippen LogP contribution in [0.3, 0.4) is 0 Å². The van der Waals surface area contributed by atoms with Crippen LogP contribution in [0.1, 0.15) is 12.7 Å². The minimum atomic E-state index is 0.0941. The molecule has 1 aliphatic heterocycles. The van der Waals surface area contributed by atoms with E-state index in [4.69, 9.17) is 10.5 Å². The van der Waals surface area contributed by atoms with E-state index in [-0.39, 0.29) is 6.10 Å². The van der Waals surface area contributed by atoms with Gasteiger partial charge in [0.2, 0.25) is 0 Å². The highest BCUT2D eigenvalue weighted by Crippen LogP contribution is 2.18. The number of hydrogen-bond acceptors (Lipinski definition) is 6. The van der Waals surface area contributed by atoms with Crippen molar-refractivity contribution in [3.63, 3.8) is 0 Å². The van der Waals surface area contributed by atoms with Crippen molar-refractivity contribution in [3.8, 4) is 0 Å². The van der Waals surface area contributed by atoms with Gasteiger partial charge in [-0.3, -0.25) is 0 Å². The Morgan fingerprint density at radius 1 is 1.56 bits per heavy atom. The molecule has 1 aromatic rings. The summed E-state index contributed by atoms with van der Waals surface area (Å²) in [5, 5.41) is 3.22. The summed E-state index contributed by atoms with van der Waals surface area (Å²) >= 11 is 0. The van der Waals surface area contributed by atoms with E-state index < -0.39 is 0 Å². The lowest BCUT2D eigenvalue weighted by Crippen LogP contribution is -2.46. The first-order chi connectivity index (χ1) is 8.72. The van der Waals surface area contributed by atoms with Gasteiger partial charge in [-0.25, -0.2) is 9.97 Å². The summed E-state index contributed by atoms with van der Waals surface area (Å²) in [4.78, 5) is 11.0. The number of aryl methyl sites for hydroxylation is 1. The van der Waals surface area contributed by atoms with Crippen molar-refractivity contribution in [2.24, 2.45) is 5.73 Å². The van der Waals surface area contributed by atoms with E-state index in [1.165, 1.54) is 0 Å². The fraction of sp³-hybridized carbons (Fsp3) is 0.667. The second-order valence-corrected chi connectivity index (χ2v) is 4.36. The molecule has 0 spiro atoms. The van der Waals surface area contributed by atoms with Crippen molar-refractivity contribution >= 4 is 11.6 Å². The van der Waals surface area contributed by atoms with Crippen molar-refractivity contribution in [1.82, 2.24) is 9.97 Å². The Balaban J connectivity index is 2.16. The zero-order chi connectivity index (χ0) is 13.0. The third-order valence-electron chi connectivity index (χ3n) is 2.91. The van der Waals surface area contributed by atoms with Crippen LogP contribution in [-0.4, -0.2) is 48.9 Å². The summed E-state index contributed by atoms with van der Waals surface area (Å²) in [5.41, 5.74) is 5.65. The number of nitrogens with one attached hydrogen (secondary N) is 1. The third kappa shape index (κ3) is 3.08. The van der Waals surface area contributed by atoms with E-state index in [1.54, 1.807) is 0 Å². The van der Waals surface area contributed by atoms with Crippen LogP contribution < -0.4 is 16.0 Å². The van der Waals surface area contributed by atoms with Gasteiger partial charge in [0, 0.05) is 32.2 Å². The van der Waals surface area contributed by atoms with Crippen molar-refractivity contribution in [1.29, 1.82) is 0 Å². The lowest BCUT2D eigenvalue weighted by Gasteiger charge is -2.33. The van der Waals surface area contributed by atoms with Gasteiger partial charge in [0.1, 0.15) is 17.5 Å². The lowest BCUT2D eigenvalue weighted by molar-refractivity contribution is 0.0463. The molecular weight excluding hydrogens is 230 g/mol. The molecule has 6 heteroatoms. The summed E-state index contributed by atoms with van der Waals surface area (Å²) in [6.45, 7) is 7.69. The zero-order valence-corrected chi connectivity index (χ0v) is 11.0. The van der Waals surface area contributed by atoms with E-state index in [0.29, 0.717) is 13.2 Å². The molecule has 1 aromatic heterocycles. The quantitative estimate of drug-likeness (QED) is 0.805. The number of nitrogens with zero attached hydrogens (tertiary/aromatic N) is 3. The number of ether oxygens (including phenoxy) is 1. The summed E-state index contributed by atoms with van der Waals surface area (Å²) < 4.78 is 5.56. The SMILES string of the molecule is CCNc1cc(N2CCOC(CN)C2)nc(C)n1. The van der Waals surface area contributed by atoms with Gasteiger partial charge in [0.15, 0.2) is 0 Å². The zero-order valence-electron chi connectivity index (χ0n) is 11.0. The number of nitrogens with two attached hydrogens (primary N) is 1. The number of rotatable bonds is 4. The third-order valence-corrected chi connectivity index (χ3v) is 2.91. The first kappa shape index (κ1) is 13.0. The standard InChI is InChI=1S/C12H21N5O/c1-3-14-11-6-12(16-9(2)15-11)17-4-5-18-10(7-13)8-17/h6,10H,3-5,7-8,13H2,1-2H3,(H,14,15,16). The molecule has 3 N–H and O–H groups in total. The van der Waals surface area contributed by atoms with E-state index >= 15 is 0 Å². The van der Waals surface area contributed by atoms with Crippen LogP contribution in [-0.2, 0) is 4.74 Å². The monoisotopic (exact) mass is 251 g/mol. The molecule has 0 saturated carbocycles. The van der Waals surface area contributed by atoms with E-state index in [9.17, 15) is 0 Å². The van der Waals surface area contributed by atoms with Gasteiger partial charge in [0.25, 0.3) is 0 Å². The van der Waals surface area contributed by atoms with Crippen LogP contribution in [0.4, 0.5) is 11.6 Å². The molecule has 1 atom stereocenters. The highest BCUT2D eigenvalue weighted by atomic mass is 16.5. The van der Waals surface area contributed by atoms with Crippen molar-refractivity contribution in [3.05, 3.63) is 11.9 Å². The Kier molecular flexibility index (Phi) is 4.33. The molecule has 0 amide bonds. The van der Waals surface area contributed by atoms with Gasteiger partial charge in [-0.05, 0) is 13.8 Å². The Labute approximate surface area is 108 Å². The smallest absolute Gasteiger partial charge is 0.134 e. The van der Waals surface area contributed by atoms with Gasteiger partial charge in [-0.2, -0.15) is 0 Å². The molecule has 1 saturated heterocycles. The summed E-state index contributed by atoms with van der Waals surface area (Å²) in [6, 6.07) is 1.98. The predicted octanol–water partition coefficient (Wildman–Crippen LogP) is 0.381. The van der Waals surface area contributed by atoms with E-state index in [2.05, 4.69) is 27.1 Å². The predicted molar refractivity (Wildman–Crippen MR) is 71.9 cm³/mol. The largest absolute Gasteiger partial charge is 0.373 e. The molecular formula is C12H21N5O. The molecule has 100 valence electrons. The fourth-order valence-electron chi connectivity index (χ4n) is 2.06. The Hall–Kier alpha value is -1.40. The Bertz CT molecular complexity index is 398. The topological polar surface area (TPSA) is 76.3 Å². The lowest BCUT2D eigenvalue weighted by atomic mass is 10.2. The molecule has 1 fully saturated rings. The van der Waals surface area contributed by atoms with E-state index in [1.807, 2.05) is 13.0 Å². The average molecular weight is 251 g/mol. The van der Waals surface area contributed by atoms with Crippen LogP contribution in [0.2, 0.25) is 0 Å². The molecule has 1 aliphatic rings. The van der Waals surface area contributed by atoms with Crippen molar-refractivity contribution in [2.75, 3.05) is 43.0 Å². The van der Waals surface area contributed by atoms with Gasteiger partial charge in [0.05, 0.1) is 12.7 Å². The Morgan fingerprint density at radius 2 is 2.39 bits per heavy atom. The molecule has 0 aliphatic carbocycles. The summed E-state index contributed by atoms with van der Waals surface area (Å²) in [6.07, 6.45) is 0.0941. The second kappa shape index (κ2) is 5.97. The number of anilines is 2. The molecule has 2 rings (SSSR count). The normalized spacial score (nSPS) is 19.9. The maximum atomic E-state index is 5.65. The molecule has 18 heavy (non-hydrogen) atoms. The maximum absolute atomic E-state index is 5.65. The first-order valence-electron chi connectivity index (χ1n) is 6.39. The molecule has 6 nitrogen and oxygen atoms in total. The second-order valence-electron chi connectivity index (χ2n) is 4.36.